The molecular formula is C23H35N3O. The lowest BCUT2D eigenvalue weighted by molar-refractivity contribution is -0.00481. The summed E-state index contributed by atoms with van der Waals surface area (Å²) < 4.78 is 0. The Bertz CT molecular complexity index is 745. The number of nitrogens with zero attached hydrogens (tertiary/aromatic N) is 1. The van der Waals surface area contributed by atoms with Gasteiger partial charge in [0.1, 0.15) is 0 Å². The highest BCUT2D eigenvalue weighted by molar-refractivity contribution is 5.98. The third-order valence-electron chi connectivity index (χ3n) is 8.52. The van der Waals surface area contributed by atoms with Crippen LogP contribution in [0.15, 0.2) is 27.9 Å². The molecule has 0 radical (unpaired) electrons. The summed E-state index contributed by atoms with van der Waals surface area (Å²) >= 11 is 0. The van der Waals surface area contributed by atoms with Crippen LogP contribution in [0, 0.1) is 28.6 Å². The minimum absolute atomic E-state index is 0.412. The lowest BCUT2D eigenvalue weighted by atomic mass is 9.49. The molecule has 0 aliphatic heterocycles. The van der Waals surface area contributed by atoms with E-state index < -0.39 is 6.03 Å². The normalized spacial score (nSPS) is 37.9. The van der Waals surface area contributed by atoms with E-state index in [4.69, 9.17) is 5.73 Å². The summed E-state index contributed by atoms with van der Waals surface area (Å²) in [6, 6.07) is -0.595. The molecule has 4 nitrogen and oxygen atoms in total. The number of allylic oxidation sites excluding steroid dienone is 4. The molecule has 4 atom stereocenters. The van der Waals surface area contributed by atoms with Crippen LogP contribution in [0.4, 0.5) is 4.79 Å². The highest BCUT2D eigenvalue weighted by atomic mass is 16.2. The van der Waals surface area contributed by atoms with Gasteiger partial charge in [-0.3, -0.25) is 0 Å². The standard InChI is InChI=1S/C23H35N3O/c1-14(25-26-21(24)27)15-9-12-23(4)16(13-15)5-6-17-18-10-11-22(2,3)19(18)7-8-20(17)23/h9,16-17,20H,5-8,10-13H2,1-4H3,(H3,24,26,27)/b25-14+/t16-,17-,20-,23-/m0/s1. The number of carbonyl (C=O) groups is 1. The first kappa shape index (κ1) is 18.8. The van der Waals surface area contributed by atoms with Crippen LogP contribution in [0.25, 0.3) is 0 Å². The molecule has 0 unspecified atom stereocenters. The lowest BCUT2D eigenvalue weighted by Crippen LogP contribution is -2.47. The SMILES string of the molecule is C/C(=N\NC(N)=O)C1=CC[C@@]2(C)[C@@H](CC[C@H]3C4=C(CC[C@@H]32)C(C)(C)CC4)C1. The molecule has 0 saturated heterocycles. The molecule has 4 rings (SSSR count). The van der Waals surface area contributed by atoms with Crippen molar-refractivity contribution in [1.29, 1.82) is 0 Å². The van der Waals surface area contributed by atoms with Gasteiger partial charge in [-0.1, -0.05) is 38.0 Å². The molecule has 148 valence electrons. The third-order valence-corrected chi connectivity index (χ3v) is 8.52. The minimum Gasteiger partial charge on any atom is -0.350 e. The number of fused-ring (bicyclic) bond motifs is 4. The van der Waals surface area contributed by atoms with Crippen LogP contribution < -0.4 is 11.2 Å². The zero-order chi connectivity index (χ0) is 19.4. The van der Waals surface area contributed by atoms with Crippen molar-refractivity contribution in [2.45, 2.75) is 79.1 Å². The molecular weight excluding hydrogens is 334 g/mol. The Morgan fingerprint density at radius 3 is 2.74 bits per heavy atom. The maximum atomic E-state index is 10.9. The lowest BCUT2D eigenvalue weighted by Gasteiger charge is -2.55. The highest BCUT2D eigenvalue weighted by Gasteiger charge is 2.53. The van der Waals surface area contributed by atoms with Gasteiger partial charge in [0.15, 0.2) is 0 Å². The number of nitrogens with two attached hydrogens (primary N) is 1. The Labute approximate surface area is 163 Å². The van der Waals surface area contributed by atoms with Crippen molar-refractivity contribution in [3.05, 3.63) is 22.8 Å². The second-order valence-electron chi connectivity index (χ2n) is 10.2. The van der Waals surface area contributed by atoms with Crippen molar-refractivity contribution in [1.82, 2.24) is 5.43 Å². The van der Waals surface area contributed by atoms with Crippen LogP contribution in [0.3, 0.4) is 0 Å². The van der Waals surface area contributed by atoms with Crippen LogP contribution >= 0.6 is 0 Å². The van der Waals surface area contributed by atoms with E-state index in [9.17, 15) is 4.79 Å². The molecule has 1 saturated carbocycles. The molecule has 0 bridgehead atoms. The average Bonchev–Trinajstić information content (AvgIpc) is 2.94. The van der Waals surface area contributed by atoms with Gasteiger partial charge in [-0.2, -0.15) is 5.10 Å². The van der Waals surface area contributed by atoms with Gasteiger partial charge in [-0.05, 0) is 92.4 Å². The van der Waals surface area contributed by atoms with Gasteiger partial charge < -0.3 is 5.73 Å². The predicted molar refractivity (Wildman–Crippen MR) is 110 cm³/mol. The van der Waals surface area contributed by atoms with Crippen LogP contribution in [0.5, 0.6) is 0 Å². The molecule has 0 aromatic heterocycles. The van der Waals surface area contributed by atoms with Crippen molar-refractivity contribution in [2.24, 2.45) is 39.4 Å². The summed E-state index contributed by atoms with van der Waals surface area (Å²) in [5, 5.41) is 4.17. The number of hydrogen-bond acceptors (Lipinski definition) is 2. The van der Waals surface area contributed by atoms with Gasteiger partial charge in [-0.15, -0.1) is 0 Å². The first-order chi connectivity index (χ1) is 12.7. The smallest absolute Gasteiger partial charge is 0.332 e. The molecule has 27 heavy (non-hydrogen) atoms. The number of nitrogens with one attached hydrogen (secondary N) is 1. The van der Waals surface area contributed by atoms with Crippen molar-refractivity contribution in [2.75, 3.05) is 0 Å². The Morgan fingerprint density at radius 1 is 1.22 bits per heavy atom. The monoisotopic (exact) mass is 369 g/mol. The molecule has 0 aromatic carbocycles. The van der Waals surface area contributed by atoms with Gasteiger partial charge in [-0.25, -0.2) is 10.2 Å². The number of hydrogen-bond donors (Lipinski definition) is 2. The second-order valence-corrected chi connectivity index (χ2v) is 10.2. The summed E-state index contributed by atoms with van der Waals surface area (Å²) in [6.45, 7) is 9.46. The molecule has 0 aromatic rings. The van der Waals surface area contributed by atoms with E-state index >= 15 is 0 Å². The molecule has 4 aliphatic rings. The van der Waals surface area contributed by atoms with E-state index in [2.05, 4.69) is 37.4 Å². The third kappa shape index (κ3) is 3.05. The van der Waals surface area contributed by atoms with Gasteiger partial charge in [0, 0.05) is 0 Å². The summed E-state index contributed by atoms with van der Waals surface area (Å²) in [7, 11) is 0. The maximum Gasteiger partial charge on any atom is 0.332 e. The Balaban J connectivity index is 1.57. The van der Waals surface area contributed by atoms with Crippen molar-refractivity contribution < 1.29 is 4.79 Å². The van der Waals surface area contributed by atoms with Crippen molar-refractivity contribution >= 4 is 11.7 Å². The van der Waals surface area contributed by atoms with Crippen LogP contribution in [0.1, 0.15) is 79.1 Å². The fraction of sp³-hybridized carbons (Fsp3) is 0.739. The quantitative estimate of drug-likeness (QED) is 0.386. The van der Waals surface area contributed by atoms with Gasteiger partial charge >= 0.3 is 6.03 Å². The number of rotatable bonds is 2. The fourth-order valence-corrected chi connectivity index (χ4v) is 6.86. The first-order valence-electron chi connectivity index (χ1n) is 10.7. The maximum absolute atomic E-state index is 10.9. The zero-order valence-electron chi connectivity index (χ0n) is 17.4. The summed E-state index contributed by atoms with van der Waals surface area (Å²) in [5.41, 5.74) is 14.3. The van der Waals surface area contributed by atoms with Crippen molar-refractivity contribution in [3.63, 3.8) is 0 Å². The number of primary amides is 1. The van der Waals surface area contributed by atoms with Crippen LogP contribution in [-0.4, -0.2) is 11.7 Å². The molecule has 4 heteroatoms. The Hall–Kier alpha value is -1.58. The van der Waals surface area contributed by atoms with Gasteiger partial charge in [0.05, 0.1) is 5.71 Å². The molecule has 3 N–H and O–H groups in total. The highest BCUT2D eigenvalue weighted by Crippen LogP contribution is 2.63. The van der Waals surface area contributed by atoms with E-state index in [1.54, 1.807) is 0 Å². The van der Waals surface area contributed by atoms with E-state index in [0.29, 0.717) is 10.8 Å². The van der Waals surface area contributed by atoms with Crippen LogP contribution in [-0.2, 0) is 0 Å². The first-order valence-corrected chi connectivity index (χ1v) is 10.7. The largest absolute Gasteiger partial charge is 0.350 e. The Morgan fingerprint density at radius 2 is 2.00 bits per heavy atom. The van der Waals surface area contributed by atoms with E-state index in [1.165, 1.54) is 44.1 Å². The predicted octanol–water partition coefficient (Wildman–Crippen LogP) is 5.31. The van der Waals surface area contributed by atoms with E-state index in [1.807, 2.05) is 18.1 Å². The minimum atomic E-state index is -0.595. The van der Waals surface area contributed by atoms with Crippen molar-refractivity contribution in [3.8, 4) is 0 Å². The summed E-state index contributed by atoms with van der Waals surface area (Å²) in [5.74, 6) is 2.40. The second kappa shape index (κ2) is 6.49. The van der Waals surface area contributed by atoms with E-state index in [-0.39, 0.29) is 0 Å². The number of amides is 2. The van der Waals surface area contributed by atoms with Gasteiger partial charge in [0.25, 0.3) is 0 Å². The van der Waals surface area contributed by atoms with E-state index in [0.717, 1.165) is 36.3 Å². The topological polar surface area (TPSA) is 67.5 Å². The Kier molecular flexibility index (Phi) is 4.51. The molecule has 1 fully saturated rings. The fourth-order valence-electron chi connectivity index (χ4n) is 6.86. The molecule has 0 spiro atoms. The summed E-state index contributed by atoms with van der Waals surface area (Å²) in [4.78, 5) is 10.9. The zero-order valence-corrected chi connectivity index (χ0v) is 17.4. The summed E-state index contributed by atoms with van der Waals surface area (Å²) in [6.07, 6.45) is 12.7. The number of hydrazone groups is 1. The van der Waals surface area contributed by atoms with Crippen LogP contribution in [0.2, 0.25) is 0 Å². The molecule has 0 heterocycles. The average molecular weight is 370 g/mol. The number of urea groups is 1. The molecule has 2 amide bonds. The van der Waals surface area contributed by atoms with Gasteiger partial charge in [0.2, 0.25) is 0 Å². The number of carbonyl (C=O) groups excluding carboxylic acids is 1. The molecule has 4 aliphatic carbocycles.